The molecule has 2 atom stereocenters. The highest BCUT2D eigenvalue weighted by molar-refractivity contribution is 6.36. The number of rotatable bonds is 8. The molecule has 1 aliphatic heterocycles. The van der Waals surface area contributed by atoms with Crippen LogP contribution in [0.5, 0.6) is 11.8 Å². The topological polar surface area (TPSA) is 84.8 Å². The van der Waals surface area contributed by atoms with Gasteiger partial charge in [-0.05, 0) is 85.9 Å². The summed E-state index contributed by atoms with van der Waals surface area (Å²) in [7, 11) is 1.35. The molecular weight excluding hydrogens is 643 g/mol. The summed E-state index contributed by atoms with van der Waals surface area (Å²) in [5, 5.41) is 9.92. The number of pyridine rings is 2. The number of aryl methyl sites for hydroxylation is 2. The third kappa shape index (κ3) is 6.23. The molecule has 3 heterocycles. The van der Waals surface area contributed by atoms with Gasteiger partial charge in [-0.15, -0.1) is 0 Å². The molecule has 0 radical (unpaired) electrons. The van der Waals surface area contributed by atoms with Crippen molar-refractivity contribution in [2.75, 3.05) is 20.2 Å². The van der Waals surface area contributed by atoms with Crippen molar-refractivity contribution < 1.29 is 32.5 Å². The lowest BCUT2D eigenvalue weighted by molar-refractivity contribution is -0.141. The highest BCUT2D eigenvalue weighted by Gasteiger charge is 2.39. The molecular formula is C37H35ClF3N3O4. The van der Waals surface area contributed by atoms with Gasteiger partial charge in [-0.3, -0.25) is 14.7 Å². The predicted octanol–water partition coefficient (Wildman–Crippen LogP) is 8.34. The molecule has 0 unspecified atom stereocenters. The summed E-state index contributed by atoms with van der Waals surface area (Å²) in [4.78, 5) is 22.4. The van der Waals surface area contributed by atoms with Gasteiger partial charge in [0.05, 0.1) is 23.7 Å². The van der Waals surface area contributed by atoms with Gasteiger partial charge in [0.2, 0.25) is 11.8 Å². The number of nitrogens with zero attached hydrogens (tertiary/aromatic N) is 3. The van der Waals surface area contributed by atoms with Crippen LogP contribution in [-0.4, -0.2) is 46.1 Å². The lowest BCUT2D eigenvalue weighted by Gasteiger charge is -2.22. The Hall–Kier alpha value is -4.15. The van der Waals surface area contributed by atoms with E-state index in [1.165, 1.54) is 19.1 Å². The van der Waals surface area contributed by atoms with Gasteiger partial charge in [0.1, 0.15) is 11.7 Å². The van der Waals surface area contributed by atoms with E-state index in [1.54, 1.807) is 4.90 Å². The third-order valence-electron chi connectivity index (χ3n) is 9.75. The number of ether oxygens (including phenoxy) is 2. The molecule has 7 rings (SSSR count). The normalized spacial score (nSPS) is 19.2. The van der Waals surface area contributed by atoms with Crippen molar-refractivity contribution in [3.8, 4) is 34.1 Å². The van der Waals surface area contributed by atoms with Crippen LogP contribution in [0.2, 0.25) is 5.02 Å². The second kappa shape index (κ2) is 13.0. The van der Waals surface area contributed by atoms with Gasteiger partial charge in [0.15, 0.2) is 0 Å². The molecule has 2 aliphatic carbocycles. The summed E-state index contributed by atoms with van der Waals surface area (Å²) in [5.74, 6) is -2.00. The molecule has 1 N–H and O–H groups in total. The number of carbonyl (C=O) groups is 1. The SMILES string of the molecule is COc1nc(O[C@H]2CCc3c(-c4cccc(-c5ccc6c(n5)CCCC6)c4Cl)cccc32)c(C(F)(F)F)cc1CN1CC[C@@H](C(=O)O)C1. The number of aromatic nitrogens is 2. The van der Waals surface area contributed by atoms with E-state index in [1.807, 2.05) is 42.5 Å². The average molecular weight is 678 g/mol. The Morgan fingerprint density at radius 2 is 1.75 bits per heavy atom. The van der Waals surface area contributed by atoms with E-state index < -0.39 is 35.6 Å². The molecule has 0 bridgehead atoms. The highest BCUT2D eigenvalue weighted by atomic mass is 35.5. The Balaban J connectivity index is 1.19. The van der Waals surface area contributed by atoms with E-state index in [9.17, 15) is 23.1 Å². The van der Waals surface area contributed by atoms with E-state index in [4.69, 9.17) is 26.1 Å². The number of carboxylic acids is 1. The van der Waals surface area contributed by atoms with Crippen molar-refractivity contribution in [2.24, 2.45) is 5.92 Å². The Morgan fingerprint density at radius 1 is 0.979 bits per heavy atom. The molecule has 3 aliphatic rings. The minimum absolute atomic E-state index is 0.0168. The van der Waals surface area contributed by atoms with Gasteiger partial charge in [-0.1, -0.05) is 54.1 Å². The van der Waals surface area contributed by atoms with Gasteiger partial charge < -0.3 is 14.6 Å². The summed E-state index contributed by atoms with van der Waals surface area (Å²) in [6.45, 7) is 0.785. The Labute approximate surface area is 281 Å². The summed E-state index contributed by atoms with van der Waals surface area (Å²) in [6.07, 6.45) is 0.384. The molecule has 7 nitrogen and oxygen atoms in total. The number of halogens is 4. The van der Waals surface area contributed by atoms with Gasteiger partial charge >= 0.3 is 12.1 Å². The van der Waals surface area contributed by atoms with Gasteiger partial charge in [0, 0.05) is 35.5 Å². The van der Waals surface area contributed by atoms with Crippen molar-refractivity contribution in [1.82, 2.24) is 14.9 Å². The number of benzene rings is 2. The van der Waals surface area contributed by atoms with Crippen LogP contribution in [0.25, 0.3) is 22.4 Å². The lowest BCUT2D eigenvalue weighted by atomic mass is 9.93. The number of methoxy groups -OCH3 is 1. The highest BCUT2D eigenvalue weighted by Crippen LogP contribution is 2.46. The summed E-state index contributed by atoms with van der Waals surface area (Å²) in [5.41, 5.74) is 6.81. The fourth-order valence-corrected chi connectivity index (χ4v) is 7.64. The maximum atomic E-state index is 14.4. The summed E-state index contributed by atoms with van der Waals surface area (Å²) < 4.78 is 54.8. The average Bonchev–Trinajstić information content (AvgIpc) is 3.72. The number of likely N-dealkylation sites (tertiary alicyclic amines) is 1. The molecule has 1 saturated heterocycles. The number of fused-ring (bicyclic) bond motifs is 2. The molecule has 0 saturated carbocycles. The number of hydrogen-bond donors (Lipinski definition) is 1. The zero-order valence-electron chi connectivity index (χ0n) is 26.4. The molecule has 0 spiro atoms. The second-order valence-corrected chi connectivity index (χ2v) is 13.1. The Morgan fingerprint density at radius 3 is 2.52 bits per heavy atom. The first-order valence-corrected chi connectivity index (χ1v) is 16.6. The van der Waals surface area contributed by atoms with Crippen LogP contribution < -0.4 is 9.47 Å². The van der Waals surface area contributed by atoms with Crippen LogP contribution in [0.15, 0.2) is 54.6 Å². The fourth-order valence-electron chi connectivity index (χ4n) is 7.32. The number of alkyl halides is 3. The maximum absolute atomic E-state index is 14.4. The third-order valence-corrected chi connectivity index (χ3v) is 10.2. The molecule has 11 heteroatoms. The Kier molecular flexibility index (Phi) is 8.81. The van der Waals surface area contributed by atoms with Crippen LogP contribution in [0.4, 0.5) is 13.2 Å². The van der Waals surface area contributed by atoms with Crippen LogP contribution in [0.3, 0.4) is 0 Å². The predicted molar refractivity (Wildman–Crippen MR) is 175 cm³/mol. The van der Waals surface area contributed by atoms with Crippen LogP contribution >= 0.6 is 11.6 Å². The standard InChI is InChI=1S/C37H35ClF3N3O4/c1-47-34-23(20-44-17-16-22(19-44)36(45)46)18-29(37(39,40)41)35(43-34)48-32-15-13-25-24(7-4-8-26(25)32)27-9-5-10-28(33(27)38)31-14-12-21-6-2-3-11-30(21)42-31/h4-5,7-10,12,14,18,22,32H,2-3,6,11,13,15-17,19-20H2,1H3,(H,45,46)/t22-,32+/m1/s1. The monoisotopic (exact) mass is 677 g/mol. The molecule has 2 aromatic carbocycles. The van der Waals surface area contributed by atoms with Crippen molar-refractivity contribution in [3.63, 3.8) is 0 Å². The van der Waals surface area contributed by atoms with E-state index in [0.29, 0.717) is 30.8 Å². The van der Waals surface area contributed by atoms with E-state index in [0.717, 1.165) is 64.5 Å². The van der Waals surface area contributed by atoms with Gasteiger partial charge in [-0.2, -0.15) is 18.2 Å². The number of aliphatic carboxylic acids is 1. The molecule has 2 aromatic heterocycles. The number of hydrogen-bond acceptors (Lipinski definition) is 6. The lowest BCUT2D eigenvalue weighted by Crippen LogP contribution is -2.24. The maximum Gasteiger partial charge on any atom is 0.421 e. The van der Waals surface area contributed by atoms with Crippen molar-refractivity contribution in [3.05, 3.63) is 93.1 Å². The summed E-state index contributed by atoms with van der Waals surface area (Å²) in [6, 6.07) is 16.8. The van der Waals surface area contributed by atoms with Gasteiger partial charge in [0.25, 0.3) is 0 Å². The zero-order valence-corrected chi connectivity index (χ0v) is 27.2. The quantitative estimate of drug-likeness (QED) is 0.201. The smallest absolute Gasteiger partial charge is 0.421 e. The van der Waals surface area contributed by atoms with Gasteiger partial charge in [-0.25, -0.2) is 0 Å². The number of carboxylic acid groups (broad SMARTS) is 1. The zero-order chi connectivity index (χ0) is 33.6. The van der Waals surface area contributed by atoms with Crippen LogP contribution in [0.1, 0.15) is 65.3 Å². The largest absolute Gasteiger partial charge is 0.481 e. The molecule has 1 fully saturated rings. The van der Waals surface area contributed by atoms with Crippen molar-refractivity contribution >= 4 is 17.6 Å². The first-order chi connectivity index (χ1) is 23.1. The molecule has 0 amide bonds. The first kappa shape index (κ1) is 32.4. The van der Waals surface area contributed by atoms with Crippen LogP contribution in [-0.2, 0) is 36.8 Å². The minimum Gasteiger partial charge on any atom is -0.481 e. The van der Waals surface area contributed by atoms with Crippen LogP contribution in [0, 0.1) is 5.92 Å². The Bertz CT molecular complexity index is 1880. The molecule has 48 heavy (non-hydrogen) atoms. The van der Waals surface area contributed by atoms with Crippen molar-refractivity contribution in [1.29, 1.82) is 0 Å². The minimum atomic E-state index is -4.74. The molecule has 250 valence electrons. The molecule has 4 aromatic rings. The van der Waals surface area contributed by atoms with E-state index >= 15 is 0 Å². The van der Waals surface area contributed by atoms with E-state index in [2.05, 4.69) is 11.1 Å². The van der Waals surface area contributed by atoms with Crippen molar-refractivity contribution in [2.45, 2.75) is 63.8 Å². The first-order valence-electron chi connectivity index (χ1n) is 16.3. The second-order valence-electron chi connectivity index (χ2n) is 12.8. The van der Waals surface area contributed by atoms with E-state index in [-0.39, 0.29) is 24.5 Å². The summed E-state index contributed by atoms with van der Waals surface area (Å²) >= 11 is 7.08. The fraction of sp³-hybridized carbons (Fsp3) is 0.378.